The van der Waals surface area contributed by atoms with Gasteiger partial charge in [0.25, 0.3) is 0 Å². The molecular formula is C14H21N3O3. The van der Waals surface area contributed by atoms with Crippen molar-refractivity contribution in [2.45, 2.75) is 44.4 Å². The Balaban J connectivity index is 1.58. The molecule has 1 aliphatic carbocycles. The molecule has 0 amide bonds. The van der Waals surface area contributed by atoms with E-state index in [4.69, 9.17) is 9.84 Å². The zero-order valence-corrected chi connectivity index (χ0v) is 11.6. The van der Waals surface area contributed by atoms with E-state index in [0.717, 1.165) is 12.2 Å². The molecule has 0 spiro atoms. The van der Waals surface area contributed by atoms with Gasteiger partial charge in [-0.15, -0.1) is 0 Å². The Hall–Kier alpha value is -1.40. The van der Waals surface area contributed by atoms with Crippen LogP contribution in [-0.4, -0.2) is 51.6 Å². The number of aromatic nitrogens is 2. The van der Waals surface area contributed by atoms with Crippen molar-refractivity contribution in [1.82, 2.24) is 14.7 Å². The van der Waals surface area contributed by atoms with Gasteiger partial charge in [-0.05, 0) is 18.9 Å². The van der Waals surface area contributed by atoms with Crippen molar-refractivity contribution < 1.29 is 14.6 Å². The van der Waals surface area contributed by atoms with E-state index in [1.807, 2.05) is 6.07 Å². The van der Waals surface area contributed by atoms with Crippen LogP contribution in [0.15, 0.2) is 12.3 Å². The summed E-state index contributed by atoms with van der Waals surface area (Å²) in [7, 11) is 0. The molecule has 1 atom stereocenters. The fourth-order valence-corrected chi connectivity index (χ4v) is 3.06. The van der Waals surface area contributed by atoms with E-state index in [2.05, 4.69) is 20.9 Å². The first kappa shape index (κ1) is 13.6. The number of morpholine rings is 1. The molecule has 1 N–H and O–H groups in total. The summed E-state index contributed by atoms with van der Waals surface area (Å²) in [5.74, 6) is -0.883. The second-order valence-electron chi connectivity index (χ2n) is 5.66. The number of carboxylic acid groups (broad SMARTS) is 1. The molecule has 2 heterocycles. The molecule has 6 heteroatoms. The molecule has 0 radical (unpaired) electrons. The number of nitrogens with zero attached hydrogens (tertiary/aromatic N) is 3. The van der Waals surface area contributed by atoms with Crippen LogP contribution < -0.4 is 0 Å². The van der Waals surface area contributed by atoms with Crippen LogP contribution in [0.25, 0.3) is 0 Å². The molecule has 2 fully saturated rings. The standard InChI is InChI=1S/C14H21N3O3/c18-14(19)13-10-16(7-8-20-13)9-11-5-6-17(15-11)12-3-1-2-4-12/h5-6,12-13H,1-4,7-10H2,(H,18,19). The maximum Gasteiger partial charge on any atom is 0.334 e. The summed E-state index contributed by atoms with van der Waals surface area (Å²) in [6.45, 7) is 2.37. The Morgan fingerprint density at radius 2 is 2.25 bits per heavy atom. The summed E-state index contributed by atoms with van der Waals surface area (Å²) in [6.07, 6.45) is 6.38. The number of hydrogen-bond acceptors (Lipinski definition) is 4. The topological polar surface area (TPSA) is 67.6 Å². The molecule has 110 valence electrons. The molecule has 1 unspecified atom stereocenters. The third-order valence-electron chi connectivity index (χ3n) is 4.17. The van der Waals surface area contributed by atoms with Crippen molar-refractivity contribution in [3.8, 4) is 0 Å². The summed E-state index contributed by atoms with van der Waals surface area (Å²) in [5, 5.41) is 13.6. The minimum absolute atomic E-state index is 0.436. The summed E-state index contributed by atoms with van der Waals surface area (Å²) in [5.41, 5.74) is 1.02. The summed E-state index contributed by atoms with van der Waals surface area (Å²) in [6, 6.07) is 2.60. The van der Waals surface area contributed by atoms with Gasteiger partial charge < -0.3 is 9.84 Å². The van der Waals surface area contributed by atoms with Gasteiger partial charge in [0, 0.05) is 25.8 Å². The maximum absolute atomic E-state index is 11.0. The first-order valence-corrected chi connectivity index (χ1v) is 7.33. The zero-order valence-electron chi connectivity index (χ0n) is 11.6. The van der Waals surface area contributed by atoms with E-state index in [9.17, 15) is 4.79 Å². The summed E-state index contributed by atoms with van der Waals surface area (Å²) >= 11 is 0. The van der Waals surface area contributed by atoms with Gasteiger partial charge in [0.1, 0.15) is 0 Å². The highest BCUT2D eigenvalue weighted by Gasteiger charge is 2.26. The van der Waals surface area contributed by atoms with Crippen LogP contribution >= 0.6 is 0 Å². The molecule has 1 saturated carbocycles. The van der Waals surface area contributed by atoms with Gasteiger partial charge in [-0.1, -0.05) is 12.8 Å². The molecule has 6 nitrogen and oxygen atoms in total. The lowest BCUT2D eigenvalue weighted by Crippen LogP contribution is -2.45. The Labute approximate surface area is 118 Å². The van der Waals surface area contributed by atoms with E-state index < -0.39 is 12.1 Å². The Bertz CT molecular complexity index is 468. The number of carbonyl (C=O) groups is 1. The minimum Gasteiger partial charge on any atom is -0.479 e. The second kappa shape index (κ2) is 5.93. The van der Waals surface area contributed by atoms with Crippen LogP contribution in [0.1, 0.15) is 37.4 Å². The van der Waals surface area contributed by atoms with Crippen molar-refractivity contribution in [3.63, 3.8) is 0 Å². The average Bonchev–Trinajstić information content (AvgIpc) is 3.09. The fraction of sp³-hybridized carbons (Fsp3) is 0.714. The molecule has 0 aromatic carbocycles. The highest BCUT2D eigenvalue weighted by atomic mass is 16.5. The third kappa shape index (κ3) is 3.02. The highest BCUT2D eigenvalue weighted by molar-refractivity contribution is 5.72. The Morgan fingerprint density at radius 1 is 1.45 bits per heavy atom. The van der Waals surface area contributed by atoms with Crippen molar-refractivity contribution in [2.75, 3.05) is 19.7 Å². The van der Waals surface area contributed by atoms with Gasteiger partial charge >= 0.3 is 5.97 Å². The molecule has 0 bridgehead atoms. The zero-order chi connectivity index (χ0) is 13.9. The van der Waals surface area contributed by atoms with Crippen molar-refractivity contribution in [3.05, 3.63) is 18.0 Å². The Morgan fingerprint density at radius 3 is 3.00 bits per heavy atom. The normalized spacial score (nSPS) is 25.1. The van der Waals surface area contributed by atoms with Gasteiger partial charge in [0.05, 0.1) is 18.3 Å². The second-order valence-corrected chi connectivity index (χ2v) is 5.66. The first-order valence-electron chi connectivity index (χ1n) is 7.33. The smallest absolute Gasteiger partial charge is 0.334 e. The molecular weight excluding hydrogens is 258 g/mol. The van der Waals surface area contributed by atoms with E-state index in [-0.39, 0.29) is 0 Å². The molecule has 20 heavy (non-hydrogen) atoms. The van der Waals surface area contributed by atoms with Crippen LogP contribution in [0.4, 0.5) is 0 Å². The molecule has 1 saturated heterocycles. The minimum atomic E-state index is -0.883. The van der Waals surface area contributed by atoms with Crippen LogP contribution in [0, 0.1) is 0 Å². The largest absolute Gasteiger partial charge is 0.479 e. The van der Waals surface area contributed by atoms with Crippen LogP contribution in [0.2, 0.25) is 0 Å². The lowest BCUT2D eigenvalue weighted by molar-refractivity contribution is -0.156. The molecule has 1 aromatic rings. The Kier molecular flexibility index (Phi) is 4.03. The number of ether oxygens (including phenoxy) is 1. The van der Waals surface area contributed by atoms with Gasteiger partial charge in [0.2, 0.25) is 0 Å². The number of hydrogen-bond donors (Lipinski definition) is 1. The van der Waals surface area contributed by atoms with Crippen LogP contribution in [0.5, 0.6) is 0 Å². The van der Waals surface area contributed by atoms with Gasteiger partial charge in [-0.2, -0.15) is 5.10 Å². The monoisotopic (exact) mass is 279 g/mol. The van der Waals surface area contributed by atoms with E-state index in [0.29, 0.717) is 25.7 Å². The number of rotatable bonds is 4. The van der Waals surface area contributed by atoms with Crippen LogP contribution in [-0.2, 0) is 16.1 Å². The lowest BCUT2D eigenvalue weighted by Gasteiger charge is -2.30. The SMILES string of the molecule is O=C(O)C1CN(Cc2ccn(C3CCCC3)n2)CCO1. The van der Waals surface area contributed by atoms with Crippen molar-refractivity contribution in [1.29, 1.82) is 0 Å². The van der Waals surface area contributed by atoms with Gasteiger partial charge in [-0.3, -0.25) is 9.58 Å². The van der Waals surface area contributed by atoms with E-state index in [1.165, 1.54) is 25.7 Å². The summed E-state index contributed by atoms with van der Waals surface area (Å²) in [4.78, 5) is 13.1. The van der Waals surface area contributed by atoms with Crippen LogP contribution in [0.3, 0.4) is 0 Å². The number of aliphatic carboxylic acids is 1. The quantitative estimate of drug-likeness (QED) is 0.899. The molecule has 1 aromatic heterocycles. The van der Waals surface area contributed by atoms with Crippen molar-refractivity contribution in [2.24, 2.45) is 0 Å². The van der Waals surface area contributed by atoms with Gasteiger partial charge in [-0.25, -0.2) is 4.79 Å². The number of carboxylic acids is 1. The van der Waals surface area contributed by atoms with E-state index >= 15 is 0 Å². The molecule has 2 aliphatic rings. The van der Waals surface area contributed by atoms with Crippen molar-refractivity contribution >= 4 is 5.97 Å². The first-order chi connectivity index (χ1) is 9.72. The summed E-state index contributed by atoms with van der Waals surface area (Å²) < 4.78 is 7.31. The van der Waals surface area contributed by atoms with E-state index in [1.54, 1.807) is 0 Å². The molecule has 3 rings (SSSR count). The average molecular weight is 279 g/mol. The third-order valence-corrected chi connectivity index (χ3v) is 4.17. The predicted octanol–water partition coefficient (Wildman–Crippen LogP) is 1.28. The molecule has 1 aliphatic heterocycles. The maximum atomic E-state index is 11.0. The van der Waals surface area contributed by atoms with Gasteiger partial charge in [0.15, 0.2) is 6.10 Å². The highest BCUT2D eigenvalue weighted by Crippen LogP contribution is 2.28. The predicted molar refractivity (Wildman–Crippen MR) is 72.4 cm³/mol. The lowest BCUT2D eigenvalue weighted by atomic mass is 10.2. The fourth-order valence-electron chi connectivity index (χ4n) is 3.06.